The monoisotopic (exact) mass is 373 g/mol. The van der Waals surface area contributed by atoms with Gasteiger partial charge < -0.3 is 0 Å². The van der Waals surface area contributed by atoms with E-state index in [1.807, 2.05) is 0 Å². The molecule has 0 spiro atoms. The van der Waals surface area contributed by atoms with Crippen molar-refractivity contribution >= 4 is 5.95 Å². The van der Waals surface area contributed by atoms with Crippen LogP contribution in [0.1, 0.15) is 5.69 Å². The molecule has 0 bridgehead atoms. The number of hydrogen-bond donors (Lipinski definition) is 2. The maximum Gasteiger partial charge on any atom is 0.484 e. The molecule has 11 heteroatoms. The summed E-state index contributed by atoms with van der Waals surface area (Å²) in [5, 5.41) is 6.95. The van der Waals surface area contributed by atoms with E-state index in [1.165, 1.54) is 36.5 Å². The maximum atomic E-state index is 13.5. The largest absolute Gasteiger partial charge is 0.484 e. The molecule has 0 aliphatic carbocycles. The summed E-state index contributed by atoms with van der Waals surface area (Å²) in [4.78, 5) is 6.71. The molecule has 0 aliphatic rings. The number of anilines is 1. The van der Waals surface area contributed by atoms with Crippen molar-refractivity contribution in [1.29, 1.82) is 0 Å². The predicted octanol–water partition coefficient (Wildman–Crippen LogP) is 4.48. The van der Waals surface area contributed by atoms with Crippen molar-refractivity contribution in [2.24, 2.45) is 0 Å². The van der Waals surface area contributed by atoms with Crippen LogP contribution in [0.25, 0.3) is 22.5 Å². The van der Waals surface area contributed by atoms with E-state index >= 15 is 0 Å². The van der Waals surface area contributed by atoms with Crippen molar-refractivity contribution in [3.63, 3.8) is 0 Å². The molecule has 0 radical (unpaired) electrons. The molecule has 0 saturated carbocycles. The van der Waals surface area contributed by atoms with Crippen molar-refractivity contribution in [2.75, 3.05) is 5.32 Å². The van der Waals surface area contributed by atoms with Gasteiger partial charge in [-0.1, -0.05) is 30.3 Å². The normalized spacial score (nSPS) is 12.2. The van der Waals surface area contributed by atoms with Crippen LogP contribution >= 0.6 is 0 Å². The fourth-order valence-electron chi connectivity index (χ4n) is 2.31. The molecule has 1 aromatic carbocycles. The van der Waals surface area contributed by atoms with Crippen LogP contribution in [0.5, 0.6) is 0 Å². The zero-order chi connectivity index (χ0) is 18.9. The van der Waals surface area contributed by atoms with Gasteiger partial charge in [-0.3, -0.25) is 10.4 Å². The van der Waals surface area contributed by atoms with Gasteiger partial charge in [0.1, 0.15) is 5.69 Å². The van der Waals surface area contributed by atoms with Crippen molar-refractivity contribution < 1.29 is 26.3 Å². The van der Waals surface area contributed by atoms with Crippen LogP contribution in [0, 0.1) is 0 Å². The lowest BCUT2D eigenvalue weighted by Gasteiger charge is -2.18. The molecular formula is C15H9F6N5. The van der Waals surface area contributed by atoms with Gasteiger partial charge in [0.15, 0.2) is 5.69 Å². The molecule has 3 aromatic rings. The van der Waals surface area contributed by atoms with Gasteiger partial charge in [-0.15, -0.1) is 0 Å². The first kappa shape index (κ1) is 17.7. The van der Waals surface area contributed by atoms with Crippen molar-refractivity contribution in [3.05, 3.63) is 48.3 Å². The quantitative estimate of drug-likeness (QED) is 0.525. The first-order valence-electron chi connectivity index (χ1n) is 7.04. The molecule has 2 aromatic heterocycles. The van der Waals surface area contributed by atoms with Crippen LogP contribution in [-0.2, 0) is 6.18 Å². The van der Waals surface area contributed by atoms with Crippen molar-refractivity contribution in [1.82, 2.24) is 20.2 Å². The summed E-state index contributed by atoms with van der Waals surface area (Å²) in [5.74, 6) is -1.21. The molecule has 0 atom stereocenters. The van der Waals surface area contributed by atoms with Gasteiger partial charge in [0.25, 0.3) is 0 Å². The lowest BCUT2D eigenvalue weighted by Crippen LogP contribution is -2.24. The Bertz CT molecular complexity index is 887. The number of nitrogens with one attached hydrogen (secondary N) is 2. The van der Waals surface area contributed by atoms with Crippen LogP contribution in [0.3, 0.4) is 0 Å². The average Bonchev–Trinajstić information content (AvgIpc) is 3.07. The second-order valence-corrected chi connectivity index (χ2v) is 5.08. The van der Waals surface area contributed by atoms with Gasteiger partial charge in [-0.2, -0.15) is 31.4 Å². The molecule has 26 heavy (non-hydrogen) atoms. The molecule has 136 valence electrons. The van der Waals surface area contributed by atoms with Gasteiger partial charge >= 0.3 is 12.5 Å². The second kappa shape index (κ2) is 6.32. The van der Waals surface area contributed by atoms with Crippen LogP contribution in [-0.4, -0.2) is 26.5 Å². The third kappa shape index (κ3) is 3.76. The summed E-state index contributed by atoms with van der Waals surface area (Å²) in [6, 6.07) is 8.64. The molecule has 0 amide bonds. The second-order valence-electron chi connectivity index (χ2n) is 5.08. The minimum Gasteiger partial charge on any atom is -0.276 e. The van der Waals surface area contributed by atoms with E-state index in [-0.39, 0.29) is 17.0 Å². The number of benzene rings is 1. The fraction of sp³-hybridized carbons (Fsp3) is 0.133. The molecule has 0 aliphatic heterocycles. The number of H-pyrrole nitrogens is 1. The molecular weight excluding hydrogens is 364 g/mol. The number of alkyl halides is 6. The van der Waals surface area contributed by atoms with E-state index in [0.29, 0.717) is 0 Å². The van der Waals surface area contributed by atoms with Crippen LogP contribution in [0.2, 0.25) is 0 Å². The predicted molar refractivity (Wildman–Crippen MR) is 79.7 cm³/mol. The van der Waals surface area contributed by atoms with Gasteiger partial charge in [-0.25, -0.2) is 9.97 Å². The zero-order valence-electron chi connectivity index (χ0n) is 12.7. The molecule has 0 fully saturated rings. The Morgan fingerprint density at radius 1 is 0.885 bits per heavy atom. The number of halogens is 6. The van der Waals surface area contributed by atoms with Gasteiger partial charge in [0, 0.05) is 11.8 Å². The smallest absolute Gasteiger partial charge is 0.276 e. The Kier molecular flexibility index (Phi) is 4.30. The van der Waals surface area contributed by atoms with E-state index in [4.69, 9.17) is 0 Å². The highest BCUT2D eigenvalue weighted by atomic mass is 19.4. The summed E-state index contributed by atoms with van der Waals surface area (Å²) in [6.45, 7) is 0. The van der Waals surface area contributed by atoms with Gasteiger partial charge in [0.05, 0.1) is 5.69 Å². The van der Waals surface area contributed by atoms with E-state index in [2.05, 4.69) is 20.2 Å². The lowest BCUT2D eigenvalue weighted by atomic mass is 10.00. The molecule has 5 nitrogen and oxygen atoms in total. The number of aromatic amines is 1. The first-order chi connectivity index (χ1) is 12.1. The Morgan fingerprint density at radius 2 is 1.58 bits per heavy atom. The summed E-state index contributed by atoms with van der Waals surface area (Å²) in [5.41, 5.74) is -2.18. The molecule has 3 rings (SSSR count). The SMILES string of the molecule is FC(F)(F)Nc1nc(-c2ccn[nH]2)c(-c2ccccc2)c(C(F)(F)F)n1. The minimum atomic E-state index is -5.01. The number of hydrogen-bond acceptors (Lipinski definition) is 4. The maximum absolute atomic E-state index is 13.5. The third-order valence-electron chi connectivity index (χ3n) is 3.25. The number of aromatic nitrogens is 4. The average molecular weight is 373 g/mol. The van der Waals surface area contributed by atoms with Crippen LogP contribution < -0.4 is 5.32 Å². The number of nitrogens with zero attached hydrogens (tertiary/aromatic N) is 3. The van der Waals surface area contributed by atoms with Crippen LogP contribution in [0.4, 0.5) is 32.3 Å². The van der Waals surface area contributed by atoms with E-state index in [1.54, 1.807) is 6.07 Å². The summed E-state index contributed by atoms with van der Waals surface area (Å²) >= 11 is 0. The van der Waals surface area contributed by atoms with Gasteiger partial charge in [-0.05, 0) is 11.6 Å². The summed E-state index contributed by atoms with van der Waals surface area (Å²) in [7, 11) is 0. The van der Waals surface area contributed by atoms with Gasteiger partial charge in [0.2, 0.25) is 5.95 Å². The fourth-order valence-corrected chi connectivity index (χ4v) is 2.31. The zero-order valence-corrected chi connectivity index (χ0v) is 12.7. The Hall–Kier alpha value is -3.11. The highest BCUT2D eigenvalue weighted by Gasteiger charge is 2.39. The van der Waals surface area contributed by atoms with Crippen LogP contribution in [0.15, 0.2) is 42.6 Å². The molecule has 2 N–H and O–H groups in total. The summed E-state index contributed by atoms with van der Waals surface area (Å²) < 4.78 is 78.4. The van der Waals surface area contributed by atoms with Crippen molar-refractivity contribution in [3.8, 4) is 22.5 Å². The van der Waals surface area contributed by atoms with E-state index in [0.717, 1.165) is 5.32 Å². The topological polar surface area (TPSA) is 66.5 Å². The standard InChI is InChI=1S/C15H9F6N5/c16-14(17,18)12-10(8-4-2-1-3-5-8)11(9-6-7-22-26-9)23-13(24-12)25-15(19,20)21/h1-7H,(H,22,26)(H,23,24,25). The Labute approximate surface area is 142 Å². The first-order valence-corrected chi connectivity index (χ1v) is 7.04. The van der Waals surface area contributed by atoms with E-state index in [9.17, 15) is 26.3 Å². The molecule has 2 heterocycles. The van der Waals surface area contributed by atoms with Crippen molar-refractivity contribution in [2.45, 2.75) is 12.5 Å². The lowest BCUT2D eigenvalue weighted by molar-refractivity contribution is -0.140. The number of rotatable bonds is 3. The highest BCUT2D eigenvalue weighted by Crippen LogP contribution is 2.41. The summed E-state index contributed by atoms with van der Waals surface area (Å²) in [6.07, 6.45) is -8.76. The Balaban J connectivity index is 2.33. The minimum absolute atomic E-state index is 0.0157. The van der Waals surface area contributed by atoms with E-state index < -0.39 is 29.7 Å². The Morgan fingerprint density at radius 3 is 2.12 bits per heavy atom. The molecule has 0 unspecified atom stereocenters. The highest BCUT2D eigenvalue weighted by molar-refractivity contribution is 5.82. The molecule has 0 saturated heterocycles. The third-order valence-corrected chi connectivity index (χ3v) is 3.25.